The van der Waals surface area contributed by atoms with Crippen LogP contribution in [0.3, 0.4) is 0 Å². The summed E-state index contributed by atoms with van der Waals surface area (Å²) in [6.07, 6.45) is 4.48. The molecule has 2 aromatic heterocycles. The van der Waals surface area contributed by atoms with Crippen LogP contribution in [0.5, 0.6) is 0 Å². The number of hydrogen-bond donors (Lipinski definition) is 3. The van der Waals surface area contributed by atoms with Gasteiger partial charge in [0.2, 0.25) is 0 Å². The summed E-state index contributed by atoms with van der Waals surface area (Å²) in [6.45, 7) is 2.78. The zero-order chi connectivity index (χ0) is 18.8. The molecular weight excluding hydrogens is 362 g/mol. The molecule has 7 heteroatoms. The standard InChI is InChI=1S/C20H22ClN5O/c1-22-20(27)17-10-24-19-16(5-7-23-19)18(17)25-15-6-8-26(12-15)11-13-3-2-4-14(21)9-13/h2-5,7,9-10,15H,6,8,11-12H2,1H3,(H,22,27)(H2,23,24,25)/t15-/m0/s1. The first kappa shape index (κ1) is 17.8. The fourth-order valence-corrected chi connectivity index (χ4v) is 3.87. The second-order valence-corrected chi connectivity index (χ2v) is 7.30. The molecule has 0 radical (unpaired) electrons. The average Bonchev–Trinajstić information content (AvgIpc) is 3.31. The van der Waals surface area contributed by atoms with Crippen LogP contribution in [-0.4, -0.2) is 47.0 Å². The van der Waals surface area contributed by atoms with Gasteiger partial charge in [0.15, 0.2) is 0 Å². The van der Waals surface area contributed by atoms with E-state index in [1.165, 1.54) is 5.56 Å². The second kappa shape index (κ2) is 7.58. The van der Waals surface area contributed by atoms with Crippen molar-refractivity contribution in [3.05, 3.63) is 58.9 Å². The van der Waals surface area contributed by atoms with E-state index in [-0.39, 0.29) is 11.9 Å². The number of carbonyl (C=O) groups is 1. The lowest BCUT2D eigenvalue weighted by Crippen LogP contribution is -2.28. The van der Waals surface area contributed by atoms with E-state index in [2.05, 4.69) is 31.6 Å². The lowest BCUT2D eigenvalue weighted by Gasteiger charge is -2.19. The lowest BCUT2D eigenvalue weighted by atomic mass is 10.1. The molecule has 0 bridgehead atoms. The van der Waals surface area contributed by atoms with Crippen LogP contribution in [0.2, 0.25) is 5.02 Å². The molecule has 1 fully saturated rings. The molecule has 0 spiro atoms. The average molecular weight is 384 g/mol. The largest absolute Gasteiger partial charge is 0.380 e. The van der Waals surface area contributed by atoms with Crippen molar-refractivity contribution >= 4 is 34.2 Å². The first-order valence-electron chi connectivity index (χ1n) is 9.05. The maximum absolute atomic E-state index is 12.3. The first-order valence-corrected chi connectivity index (χ1v) is 9.43. The predicted octanol–water partition coefficient (Wildman–Crippen LogP) is 3.26. The summed E-state index contributed by atoms with van der Waals surface area (Å²) >= 11 is 6.09. The van der Waals surface area contributed by atoms with Crippen LogP contribution in [0.25, 0.3) is 11.0 Å². The molecule has 0 unspecified atom stereocenters. The van der Waals surface area contributed by atoms with Crippen LogP contribution < -0.4 is 10.6 Å². The van der Waals surface area contributed by atoms with Crippen molar-refractivity contribution in [3.8, 4) is 0 Å². The maximum Gasteiger partial charge on any atom is 0.254 e. The summed E-state index contributed by atoms with van der Waals surface area (Å²) in [7, 11) is 1.63. The number of benzene rings is 1. The molecule has 1 atom stereocenters. The molecule has 0 saturated carbocycles. The second-order valence-electron chi connectivity index (χ2n) is 6.86. The van der Waals surface area contributed by atoms with Crippen molar-refractivity contribution in [3.63, 3.8) is 0 Å². The summed E-state index contributed by atoms with van der Waals surface area (Å²) in [4.78, 5) is 22.1. The summed E-state index contributed by atoms with van der Waals surface area (Å²) < 4.78 is 0. The Hall–Kier alpha value is -2.57. The molecule has 27 heavy (non-hydrogen) atoms. The third kappa shape index (κ3) is 3.77. The SMILES string of the molecule is CNC(=O)c1cnc2[nH]ccc2c1N[C@H]1CCN(Cc2cccc(Cl)c2)C1. The Kier molecular flexibility index (Phi) is 5.01. The highest BCUT2D eigenvalue weighted by Crippen LogP contribution is 2.28. The molecule has 3 heterocycles. The van der Waals surface area contributed by atoms with Gasteiger partial charge in [-0.2, -0.15) is 0 Å². The number of rotatable bonds is 5. The quantitative estimate of drug-likeness (QED) is 0.632. The van der Waals surface area contributed by atoms with Gasteiger partial charge in [0, 0.05) is 55.5 Å². The molecule has 4 rings (SSSR count). The van der Waals surface area contributed by atoms with E-state index in [9.17, 15) is 4.79 Å². The van der Waals surface area contributed by atoms with Gasteiger partial charge in [0.1, 0.15) is 5.65 Å². The molecule has 6 nitrogen and oxygen atoms in total. The summed E-state index contributed by atoms with van der Waals surface area (Å²) in [5.74, 6) is -0.137. The summed E-state index contributed by atoms with van der Waals surface area (Å²) in [5.41, 5.74) is 3.40. The van der Waals surface area contributed by atoms with Crippen LogP contribution in [0.15, 0.2) is 42.7 Å². The maximum atomic E-state index is 12.3. The molecule has 3 aromatic rings. The van der Waals surface area contributed by atoms with Gasteiger partial charge in [-0.05, 0) is 30.2 Å². The fraction of sp³-hybridized carbons (Fsp3) is 0.300. The molecule has 1 amide bonds. The van der Waals surface area contributed by atoms with Crippen molar-refractivity contribution < 1.29 is 4.79 Å². The number of aromatic nitrogens is 2. The van der Waals surface area contributed by atoms with Crippen molar-refractivity contribution in [1.29, 1.82) is 0 Å². The van der Waals surface area contributed by atoms with Gasteiger partial charge >= 0.3 is 0 Å². The number of aromatic amines is 1. The van der Waals surface area contributed by atoms with Crippen LogP contribution in [0.4, 0.5) is 5.69 Å². The number of hydrogen-bond acceptors (Lipinski definition) is 4. The predicted molar refractivity (Wildman–Crippen MR) is 108 cm³/mol. The topological polar surface area (TPSA) is 73.0 Å². The van der Waals surface area contributed by atoms with Crippen molar-refractivity contribution in [2.45, 2.75) is 19.0 Å². The molecular formula is C20H22ClN5O. The molecule has 3 N–H and O–H groups in total. The zero-order valence-electron chi connectivity index (χ0n) is 15.1. The van der Waals surface area contributed by atoms with E-state index in [0.29, 0.717) is 5.56 Å². The van der Waals surface area contributed by atoms with E-state index < -0.39 is 0 Å². The van der Waals surface area contributed by atoms with Crippen molar-refractivity contribution in [2.24, 2.45) is 0 Å². The van der Waals surface area contributed by atoms with E-state index in [1.54, 1.807) is 13.2 Å². The number of pyridine rings is 1. The highest BCUT2D eigenvalue weighted by Gasteiger charge is 2.25. The minimum Gasteiger partial charge on any atom is -0.380 e. The number of halogens is 1. The van der Waals surface area contributed by atoms with Crippen molar-refractivity contribution in [1.82, 2.24) is 20.2 Å². The summed E-state index contributed by atoms with van der Waals surface area (Å²) in [5, 5.41) is 7.99. The van der Waals surface area contributed by atoms with Crippen LogP contribution in [0.1, 0.15) is 22.3 Å². The summed E-state index contributed by atoms with van der Waals surface area (Å²) in [6, 6.07) is 10.2. The Bertz CT molecular complexity index is 970. The fourth-order valence-electron chi connectivity index (χ4n) is 3.66. The van der Waals surface area contributed by atoms with Crippen molar-refractivity contribution in [2.75, 3.05) is 25.5 Å². The van der Waals surface area contributed by atoms with E-state index in [4.69, 9.17) is 11.6 Å². The normalized spacial score (nSPS) is 17.3. The van der Waals surface area contributed by atoms with Gasteiger partial charge in [-0.3, -0.25) is 9.69 Å². The molecule has 1 saturated heterocycles. The molecule has 0 aliphatic carbocycles. The number of amides is 1. The molecule has 1 aromatic carbocycles. The third-order valence-electron chi connectivity index (χ3n) is 4.97. The first-order chi connectivity index (χ1) is 13.1. The Labute approximate surface area is 162 Å². The van der Waals surface area contributed by atoms with Crippen LogP contribution in [-0.2, 0) is 6.54 Å². The highest BCUT2D eigenvalue weighted by molar-refractivity contribution is 6.30. The zero-order valence-corrected chi connectivity index (χ0v) is 15.9. The van der Waals surface area contributed by atoms with E-state index >= 15 is 0 Å². The van der Waals surface area contributed by atoms with Gasteiger partial charge in [-0.15, -0.1) is 0 Å². The number of likely N-dealkylation sites (tertiary alicyclic amines) is 1. The smallest absolute Gasteiger partial charge is 0.254 e. The third-order valence-corrected chi connectivity index (χ3v) is 5.21. The Morgan fingerprint density at radius 1 is 1.41 bits per heavy atom. The number of nitrogens with zero attached hydrogens (tertiary/aromatic N) is 2. The number of anilines is 1. The Balaban J connectivity index is 1.51. The minimum absolute atomic E-state index is 0.137. The highest BCUT2D eigenvalue weighted by atomic mass is 35.5. The molecule has 140 valence electrons. The van der Waals surface area contributed by atoms with E-state index in [1.807, 2.05) is 30.5 Å². The number of carbonyl (C=O) groups excluding carboxylic acids is 1. The van der Waals surface area contributed by atoms with Gasteiger partial charge in [0.05, 0.1) is 11.3 Å². The monoisotopic (exact) mass is 383 g/mol. The van der Waals surface area contributed by atoms with Crippen LogP contribution in [0, 0.1) is 0 Å². The van der Waals surface area contributed by atoms with Crippen LogP contribution >= 0.6 is 11.6 Å². The van der Waals surface area contributed by atoms with Gasteiger partial charge < -0.3 is 15.6 Å². The lowest BCUT2D eigenvalue weighted by molar-refractivity contribution is 0.0963. The Morgan fingerprint density at radius 3 is 3.11 bits per heavy atom. The van der Waals surface area contributed by atoms with Gasteiger partial charge in [0.25, 0.3) is 5.91 Å². The van der Waals surface area contributed by atoms with E-state index in [0.717, 1.165) is 47.8 Å². The number of H-pyrrole nitrogens is 1. The van der Waals surface area contributed by atoms with Gasteiger partial charge in [-0.25, -0.2) is 4.98 Å². The molecule has 1 aliphatic rings. The number of fused-ring (bicyclic) bond motifs is 1. The van der Waals surface area contributed by atoms with Gasteiger partial charge in [-0.1, -0.05) is 23.7 Å². The number of nitrogens with one attached hydrogen (secondary N) is 3. The Morgan fingerprint density at radius 2 is 2.30 bits per heavy atom. The molecule has 1 aliphatic heterocycles. The minimum atomic E-state index is -0.137.